The largest absolute Gasteiger partial charge is 0.265 e. The van der Waals surface area contributed by atoms with Crippen LogP contribution in [0.2, 0.25) is 0 Å². The summed E-state index contributed by atoms with van der Waals surface area (Å²) in [6.45, 7) is -0.543. The van der Waals surface area contributed by atoms with Crippen LogP contribution in [0.1, 0.15) is 17.5 Å². The Morgan fingerprint density at radius 1 is 1.00 bits per heavy atom. The maximum Gasteiger partial charge on any atom is 0.139 e. The summed E-state index contributed by atoms with van der Waals surface area (Å²) in [6, 6.07) is 20.7. The Hall–Kier alpha value is -2.47. The fourth-order valence-electron chi connectivity index (χ4n) is 1.92. The highest BCUT2D eigenvalue weighted by molar-refractivity contribution is 6.13. The molecule has 0 aliphatic carbocycles. The lowest BCUT2D eigenvalue weighted by atomic mass is 10.0. The van der Waals surface area contributed by atoms with E-state index in [1.54, 1.807) is 0 Å². The van der Waals surface area contributed by atoms with Crippen molar-refractivity contribution in [2.45, 2.75) is 12.5 Å². The van der Waals surface area contributed by atoms with Crippen LogP contribution < -0.4 is 0 Å². The predicted molar refractivity (Wildman–Crippen MR) is 78.5 cm³/mol. The molecular formula is C17H15FN2. The molecule has 0 aliphatic rings. The number of alkyl halides is 1. The molecule has 2 rings (SSSR count). The van der Waals surface area contributed by atoms with Gasteiger partial charge in [-0.1, -0.05) is 60.7 Å². The quantitative estimate of drug-likeness (QED) is 0.759. The molecule has 0 aromatic heterocycles. The van der Waals surface area contributed by atoms with Crippen molar-refractivity contribution in [2.24, 2.45) is 4.99 Å². The highest BCUT2D eigenvalue weighted by atomic mass is 19.1. The summed E-state index contributed by atoms with van der Waals surface area (Å²) < 4.78 is 12.5. The van der Waals surface area contributed by atoms with Crippen LogP contribution in [0.15, 0.2) is 65.7 Å². The second kappa shape index (κ2) is 7.20. The molecule has 0 saturated carbocycles. The minimum atomic E-state index is -0.657. The Morgan fingerprint density at radius 2 is 1.50 bits per heavy atom. The zero-order valence-corrected chi connectivity index (χ0v) is 11.0. The van der Waals surface area contributed by atoms with Gasteiger partial charge in [0, 0.05) is 17.5 Å². The molecular weight excluding hydrogens is 251 g/mol. The van der Waals surface area contributed by atoms with E-state index >= 15 is 0 Å². The molecule has 0 saturated heterocycles. The first-order valence-corrected chi connectivity index (χ1v) is 6.49. The average molecular weight is 266 g/mol. The normalized spacial score (nSPS) is 11.4. The number of aliphatic imine (C=N–C) groups is 1. The van der Waals surface area contributed by atoms with Crippen LogP contribution in [0.25, 0.3) is 0 Å². The summed E-state index contributed by atoms with van der Waals surface area (Å²) in [5.74, 6) is 0. The third kappa shape index (κ3) is 3.52. The molecule has 0 N–H and O–H groups in total. The minimum Gasteiger partial charge on any atom is -0.265 e. The van der Waals surface area contributed by atoms with E-state index in [9.17, 15) is 4.39 Å². The first-order valence-electron chi connectivity index (χ1n) is 6.49. The molecule has 0 radical (unpaired) electrons. The number of halogens is 1. The molecule has 0 amide bonds. The van der Waals surface area contributed by atoms with Gasteiger partial charge in [0.05, 0.1) is 18.5 Å². The van der Waals surface area contributed by atoms with Gasteiger partial charge in [0.2, 0.25) is 0 Å². The van der Waals surface area contributed by atoms with Gasteiger partial charge in [-0.25, -0.2) is 0 Å². The zero-order valence-electron chi connectivity index (χ0n) is 11.0. The van der Waals surface area contributed by atoms with Crippen LogP contribution in [-0.4, -0.2) is 18.4 Å². The Balaban J connectivity index is 2.45. The van der Waals surface area contributed by atoms with Crippen molar-refractivity contribution in [1.82, 2.24) is 0 Å². The Bertz CT molecular complexity index is 558. The number of rotatable bonds is 5. The van der Waals surface area contributed by atoms with Gasteiger partial charge in [-0.15, -0.1) is 0 Å². The maximum atomic E-state index is 12.5. The van der Waals surface area contributed by atoms with Crippen LogP contribution in [0.4, 0.5) is 4.39 Å². The summed E-state index contributed by atoms with van der Waals surface area (Å²) >= 11 is 0. The number of nitrogens with zero attached hydrogens (tertiary/aromatic N) is 2. The first kappa shape index (κ1) is 14.0. The summed E-state index contributed by atoms with van der Waals surface area (Å²) in [5, 5.41) is 9.08. The first-order chi connectivity index (χ1) is 9.85. The van der Waals surface area contributed by atoms with Gasteiger partial charge in [0.15, 0.2) is 0 Å². The molecule has 20 heavy (non-hydrogen) atoms. The summed E-state index contributed by atoms with van der Waals surface area (Å²) in [6.07, 6.45) is 0.125. The number of hydrogen-bond acceptors (Lipinski definition) is 2. The Labute approximate surface area is 118 Å². The Kier molecular flexibility index (Phi) is 5.02. The molecule has 2 aromatic rings. The molecule has 0 unspecified atom stereocenters. The lowest BCUT2D eigenvalue weighted by Crippen LogP contribution is -2.10. The topological polar surface area (TPSA) is 36.1 Å². The average Bonchev–Trinajstić information content (AvgIpc) is 2.53. The van der Waals surface area contributed by atoms with E-state index in [1.807, 2.05) is 66.7 Å². The lowest BCUT2D eigenvalue weighted by molar-refractivity contribution is 0.461. The predicted octanol–water partition coefficient (Wildman–Crippen LogP) is 3.78. The summed E-state index contributed by atoms with van der Waals surface area (Å²) in [7, 11) is 0. The van der Waals surface area contributed by atoms with Crippen molar-refractivity contribution in [3.63, 3.8) is 0 Å². The highest BCUT2D eigenvalue weighted by Gasteiger charge is 2.11. The van der Waals surface area contributed by atoms with Crippen molar-refractivity contribution >= 4 is 5.71 Å². The maximum absolute atomic E-state index is 12.5. The molecule has 0 heterocycles. The van der Waals surface area contributed by atoms with Crippen molar-refractivity contribution in [3.05, 3.63) is 71.8 Å². The van der Waals surface area contributed by atoms with E-state index < -0.39 is 12.7 Å². The highest BCUT2D eigenvalue weighted by Crippen LogP contribution is 2.13. The molecule has 3 heteroatoms. The van der Waals surface area contributed by atoms with Crippen LogP contribution in [-0.2, 0) is 0 Å². The van der Waals surface area contributed by atoms with Crippen LogP contribution in [0.5, 0.6) is 0 Å². The van der Waals surface area contributed by atoms with Gasteiger partial charge < -0.3 is 0 Å². The third-order valence-electron chi connectivity index (χ3n) is 2.91. The molecule has 2 nitrogen and oxygen atoms in total. The van der Waals surface area contributed by atoms with Crippen LogP contribution >= 0.6 is 0 Å². The van der Waals surface area contributed by atoms with Crippen molar-refractivity contribution in [2.75, 3.05) is 6.67 Å². The summed E-state index contributed by atoms with van der Waals surface area (Å²) in [5.41, 5.74) is 2.59. The van der Waals surface area contributed by atoms with Gasteiger partial charge >= 0.3 is 0 Å². The third-order valence-corrected chi connectivity index (χ3v) is 2.91. The minimum absolute atomic E-state index is 0.125. The van der Waals surface area contributed by atoms with Crippen molar-refractivity contribution in [1.29, 1.82) is 5.26 Å². The molecule has 2 aromatic carbocycles. The van der Waals surface area contributed by atoms with Gasteiger partial charge in [-0.3, -0.25) is 9.38 Å². The smallest absolute Gasteiger partial charge is 0.139 e. The molecule has 0 spiro atoms. The molecule has 0 fully saturated rings. The van der Waals surface area contributed by atoms with E-state index in [4.69, 9.17) is 5.26 Å². The van der Waals surface area contributed by atoms with E-state index in [0.29, 0.717) is 0 Å². The fraction of sp³-hybridized carbons (Fsp3) is 0.176. The van der Waals surface area contributed by atoms with E-state index in [2.05, 4.69) is 4.99 Å². The SMILES string of the molecule is N#C[C@@H](CCF)N=C(c1ccccc1)c1ccccc1. The van der Waals surface area contributed by atoms with Gasteiger partial charge in [-0.05, 0) is 0 Å². The molecule has 0 bridgehead atoms. The van der Waals surface area contributed by atoms with Gasteiger partial charge in [0.25, 0.3) is 0 Å². The molecule has 1 atom stereocenters. The van der Waals surface area contributed by atoms with Gasteiger partial charge in [-0.2, -0.15) is 5.26 Å². The number of benzene rings is 2. The number of hydrogen-bond donors (Lipinski definition) is 0. The van der Waals surface area contributed by atoms with E-state index in [1.165, 1.54) is 0 Å². The molecule has 0 aliphatic heterocycles. The zero-order chi connectivity index (χ0) is 14.2. The second-order valence-corrected chi connectivity index (χ2v) is 4.33. The molecule has 100 valence electrons. The van der Waals surface area contributed by atoms with Crippen molar-refractivity contribution in [3.8, 4) is 6.07 Å². The fourth-order valence-corrected chi connectivity index (χ4v) is 1.92. The van der Waals surface area contributed by atoms with Crippen LogP contribution in [0, 0.1) is 11.3 Å². The second-order valence-electron chi connectivity index (χ2n) is 4.33. The van der Waals surface area contributed by atoms with E-state index in [0.717, 1.165) is 16.8 Å². The summed E-state index contributed by atoms with van der Waals surface area (Å²) in [4.78, 5) is 4.44. The lowest BCUT2D eigenvalue weighted by Gasteiger charge is -2.09. The van der Waals surface area contributed by atoms with Gasteiger partial charge in [0.1, 0.15) is 6.04 Å². The number of nitriles is 1. The monoisotopic (exact) mass is 266 g/mol. The van der Waals surface area contributed by atoms with Crippen LogP contribution in [0.3, 0.4) is 0 Å². The Morgan fingerprint density at radius 3 is 1.90 bits per heavy atom. The van der Waals surface area contributed by atoms with E-state index in [-0.39, 0.29) is 6.42 Å². The standard InChI is InChI=1S/C17H15FN2/c18-12-11-16(13-19)20-17(14-7-3-1-4-8-14)15-9-5-2-6-10-15/h1-10,16H,11-12H2/t16-/m1/s1. The van der Waals surface area contributed by atoms with Crippen molar-refractivity contribution < 1.29 is 4.39 Å².